The smallest absolute Gasteiger partial charge is 0.410 e. The fourth-order valence-corrected chi connectivity index (χ4v) is 3.17. The van der Waals surface area contributed by atoms with Crippen LogP contribution in [0.25, 0.3) is 0 Å². The lowest BCUT2D eigenvalue weighted by Gasteiger charge is -2.32. The van der Waals surface area contributed by atoms with Gasteiger partial charge in [0.1, 0.15) is 11.2 Å². The summed E-state index contributed by atoms with van der Waals surface area (Å²) < 4.78 is 11.2. The first-order valence-electron chi connectivity index (χ1n) is 9.86. The number of benzene rings is 1. The Morgan fingerprint density at radius 2 is 1.64 bits per heavy atom. The van der Waals surface area contributed by atoms with E-state index in [0.29, 0.717) is 32.6 Å². The van der Waals surface area contributed by atoms with E-state index in [1.54, 1.807) is 4.90 Å². The van der Waals surface area contributed by atoms with Crippen LogP contribution in [-0.2, 0) is 20.8 Å². The van der Waals surface area contributed by atoms with Crippen LogP contribution < -0.4 is 5.32 Å². The zero-order chi connectivity index (χ0) is 21.0. The topological polar surface area (TPSA) is 67.9 Å². The van der Waals surface area contributed by atoms with Crippen LogP contribution in [-0.4, -0.2) is 47.8 Å². The Hall–Kier alpha value is -2.08. The van der Waals surface area contributed by atoms with Crippen molar-refractivity contribution in [2.45, 2.75) is 65.7 Å². The molecule has 0 unspecified atom stereocenters. The van der Waals surface area contributed by atoms with Crippen LogP contribution in [0.2, 0.25) is 0 Å². The number of nitrogens with one attached hydrogen (secondary N) is 1. The number of esters is 1. The molecule has 1 aromatic rings. The third-order valence-corrected chi connectivity index (χ3v) is 4.47. The minimum Gasteiger partial charge on any atom is -0.459 e. The van der Waals surface area contributed by atoms with Crippen molar-refractivity contribution in [1.29, 1.82) is 0 Å². The molecule has 1 N–H and O–H groups in total. The average molecular weight is 391 g/mol. The van der Waals surface area contributed by atoms with E-state index in [-0.39, 0.29) is 12.1 Å². The molecule has 1 atom stereocenters. The highest BCUT2D eigenvalue weighted by molar-refractivity contribution is 5.80. The van der Waals surface area contributed by atoms with Gasteiger partial charge in [0.25, 0.3) is 0 Å². The van der Waals surface area contributed by atoms with Crippen molar-refractivity contribution < 1.29 is 19.1 Å². The summed E-state index contributed by atoms with van der Waals surface area (Å²) in [6, 6.07) is 10.0. The molecule has 2 rings (SSSR count). The SMILES string of the molecule is CC(C)(C)OC(=O)N1CC[C@@](CNCc2ccccc2)(C(=O)OC(C)(C)C)C1. The number of hydrogen-bond donors (Lipinski definition) is 1. The lowest BCUT2D eigenvalue weighted by molar-refractivity contribution is -0.166. The molecule has 28 heavy (non-hydrogen) atoms. The Kier molecular flexibility index (Phi) is 6.75. The summed E-state index contributed by atoms with van der Waals surface area (Å²) in [4.78, 5) is 27.1. The highest BCUT2D eigenvalue weighted by atomic mass is 16.6. The zero-order valence-corrected chi connectivity index (χ0v) is 18.0. The molecule has 0 saturated carbocycles. The summed E-state index contributed by atoms with van der Waals surface area (Å²) in [6.07, 6.45) is 0.157. The third-order valence-electron chi connectivity index (χ3n) is 4.47. The number of rotatable bonds is 5. The first-order chi connectivity index (χ1) is 12.9. The van der Waals surface area contributed by atoms with Gasteiger partial charge in [-0.2, -0.15) is 0 Å². The van der Waals surface area contributed by atoms with E-state index in [0.717, 1.165) is 5.56 Å². The molecule has 1 aliphatic rings. The van der Waals surface area contributed by atoms with Crippen molar-refractivity contribution in [3.63, 3.8) is 0 Å². The summed E-state index contributed by atoms with van der Waals surface area (Å²) >= 11 is 0. The summed E-state index contributed by atoms with van der Waals surface area (Å²) in [5.41, 5.74) is -0.787. The van der Waals surface area contributed by atoms with Gasteiger partial charge >= 0.3 is 12.1 Å². The first-order valence-corrected chi connectivity index (χ1v) is 9.86. The van der Waals surface area contributed by atoms with Crippen LogP contribution in [0.1, 0.15) is 53.5 Å². The number of carbonyl (C=O) groups excluding carboxylic acids is 2. The first kappa shape index (κ1) is 22.2. The molecule has 1 saturated heterocycles. The molecule has 1 fully saturated rings. The highest BCUT2D eigenvalue weighted by Crippen LogP contribution is 2.34. The highest BCUT2D eigenvalue weighted by Gasteiger charge is 2.48. The Bertz CT molecular complexity index is 676. The Morgan fingerprint density at radius 3 is 2.21 bits per heavy atom. The molecule has 0 aromatic heterocycles. The molecular weight excluding hydrogens is 356 g/mol. The minimum atomic E-state index is -0.779. The van der Waals surface area contributed by atoms with Crippen molar-refractivity contribution >= 4 is 12.1 Å². The molecule has 6 nitrogen and oxygen atoms in total. The van der Waals surface area contributed by atoms with E-state index in [9.17, 15) is 9.59 Å². The van der Waals surface area contributed by atoms with Crippen molar-refractivity contribution in [2.24, 2.45) is 5.41 Å². The number of hydrogen-bond acceptors (Lipinski definition) is 5. The monoisotopic (exact) mass is 390 g/mol. The Labute approximate surface area is 168 Å². The second-order valence-electron chi connectivity index (χ2n) is 9.52. The standard InChI is InChI=1S/C22H34N2O4/c1-20(2,3)27-18(25)22(15-23-14-17-10-8-7-9-11-17)12-13-24(16-22)19(26)28-21(4,5)6/h7-11,23H,12-16H2,1-6H3/t22-/m0/s1. The van der Waals surface area contributed by atoms with Gasteiger partial charge < -0.3 is 19.7 Å². The molecule has 1 aliphatic heterocycles. The molecular formula is C22H34N2O4. The summed E-state index contributed by atoms with van der Waals surface area (Å²) in [6.45, 7) is 12.9. The number of ether oxygens (including phenoxy) is 2. The van der Waals surface area contributed by atoms with Gasteiger partial charge in [0, 0.05) is 26.2 Å². The second kappa shape index (κ2) is 8.52. The van der Waals surface area contributed by atoms with Gasteiger partial charge in [0.05, 0.1) is 5.41 Å². The summed E-state index contributed by atoms with van der Waals surface area (Å²) in [7, 11) is 0. The molecule has 0 bridgehead atoms. The van der Waals surface area contributed by atoms with Gasteiger partial charge in [0.2, 0.25) is 0 Å². The zero-order valence-electron chi connectivity index (χ0n) is 18.0. The van der Waals surface area contributed by atoms with Crippen LogP contribution in [0.3, 0.4) is 0 Å². The van der Waals surface area contributed by atoms with E-state index >= 15 is 0 Å². The van der Waals surface area contributed by atoms with Gasteiger partial charge in [0.15, 0.2) is 0 Å². The largest absolute Gasteiger partial charge is 0.459 e. The van der Waals surface area contributed by atoms with Gasteiger partial charge in [-0.15, -0.1) is 0 Å². The van der Waals surface area contributed by atoms with Crippen molar-refractivity contribution in [1.82, 2.24) is 10.2 Å². The summed E-state index contributed by atoms with van der Waals surface area (Å²) in [5.74, 6) is -0.272. The molecule has 0 radical (unpaired) electrons. The molecule has 6 heteroatoms. The molecule has 0 aliphatic carbocycles. The maximum absolute atomic E-state index is 13.0. The molecule has 0 spiro atoms. The predicted octanol–water partition coefficient (Wildman–Crippen LogP) is 3.75. The Morgan fingerprint density at radius 1 is 1.04 bits per heavy atom. The fraction of sp³-hybridized carbons (Fsp3) is 0.636. The quantitative estimate of drug-likeness (QED) is 0.776. The maximum Gasteiger partial charge on any atom is 0.410 e. The number of nitrogens with zero attached hydrogens (tertiary/aromatic N) is 1. The van der Waals surface area contributed by atoms with E-state index < -0.39 is 16.6 Å². The molecule has 1 amide bonds. The third kappa shape index (κ3) is 6.51. The van der Waals surface area contributed by atoms with Crippen molar-refractivity contribution in [3.05, 3.63) is 35.9 Å². The minimum absolute atomic E-state index is 0.272. The van der Waals surface area contributed by atoms with Gasteiger partial charge in [-0.3, -0.25) is 4.79 Å². The van der Waals surface area contributed by atoms with E-state index in [1.165, 1.54) is 0 Å². The van der Waals surface area contributed by atoms with Crippen LogP contribution >= 0.6 is 0 Å². The van der Waals surface area contributed by atoms with Crippen molar-refractivity contribution in [3.8, 4) is 0 Å². The van der Waals surface area contributed by atoms with Gasteiger partial charge in [-0.1, -0.05) is 30.3 Å². The van der Waals surface area contributed by atoms with E-state index in [4.69, 9.17) is 9.47 Å². The number of carbonyl (C=O) groups is 2. The van der Waals surface area contributed by atoms with Gasteiger partial charge in [-0.05, 0) is 53.5 Å². The molecule has 1 heterocycles. The van der Waals surface area contributed by atoms with Crippen LogP contribution in [0, 0.1) is 5.41 Å². The van der Waals surface area contributed by atoms with Crippen molar-refractivity contribution in [2.75, 3.05) is 19.6 Å². The summed E-state index contributed by atoms with van der Waals surface area (Å²) in [5, 5.41) is 3.38. The molecule has 1 aromatic carbocycles. The van der Waals surface area contributed by atoms with E-state index in [1.807, 2.05) is 71.9 Å². The van der Waals surface area contributed by atoms with Crippen LogP contribution in [0.4, 0.5) is 4.79 Å². The number of amides is 1. The number of likely N-dealkylation sites (tertiary alicyclic amines) is 1. The van der Waals surface area contributed by atoms with Crippen LogP contribution in [0.15, 0.2) is 30.3 Å². The predicted molar refractivity (Wildman–Crippen MR) is 109 cm³/mol. The molecule has 156 valence electrons. The van der Waals surface area contributed by atoms with E-state index in [2.05, 4.69) is 5.32 Å². The normalized spacial score (nSPS) is 20.1. The van der Waals surface area contributed by atoms with Crippen LogP contribution in [0.5, 0.6) is 0 Å². The Balaban J connectivity index is 2.09. The fourth-order valence-electron chi connectivity index (χ4n) is 3.17. The maximum atomic E-state index is 13.0. The average Bonchev–Trinajstić information content (AvgIpc) is 2.99. The lowest BCUT2D eigenvalue weighted by Crippen LogP contribution is -2.47. The van der Waals surface area contributed by atoms with Gasteiger partial charge in [-0.25, -0.2) is 4.79 Å². The lowest BCUT2D eigenvalue weighted by atomic mass is 9.86. The second-order valence-corrected chi connectivity index (χ2v) is 9.52.